The van der Waals surface area contributed by atoms with E-state index < -0.39 is 5.97 Å². The number of fused-ring (bicyclic) bond motifs is 1. The van der Waals surface area contributed by atoms with Crippen molar-refractivity contribution in [1.82, 2.24) is 5.16 Å². The SMILES string of the molecule is Cc1ccc(-c2cc(COC(=O)/C=C\c3ccc4c(c3)OCO4)no2)cc1. The van der Waals surface area contributed by atoms with Crippen LogP contribution in [0, 0.1) is 6.92 Å². The molecule has 1 aliphatic rings. The minimum Gasteiger partial charge on any atom is -0.456 e. The molecule has 2 heterocycles. The highest BCUT2D eigenvalue weighted by Crippen LogP contribution is 2.32. The minimum absolute atomic E-state index is 0.0413. The van der Waals surface area contributed by atoms with Crippen molar-refractivity contribution >= 4 is 12.0 Å². The van der Waals surface area contributed by atoms with E-state index in [9.17, 15) is 4.79 Å². The zero-order valence-electron chi connectivity index (χ0n) is 14.7. The Morgan fingerprint density at radius 3 is 2.78 bits per heavy atom. The first kappa shape index (κ1) is 16.9. The number of aryl methyl sites for hydroxylation is 1. The highest BCUT2D eigenvalue weighted by Gasteiger charge is 2.12. The Hall–Kier alpha value is -3.54. The quantitative estimate of drug-likeness (QED) is 0.501. The lowest BCUT2D eigenvalue weighted by molar-refractivity contribution is -0.139. The Morgan fingerprint density at radius 1 is 1.11 bits per heavy atom. The molecule has 0 spiro atoms. The van der Waals surface area contributed by atoms with Crippen LogP contribution in [0.2, 0.25) is 0 Å². The van der Waals surface area contributed by atoms with E-state index in [1.807, 2.05) is 37.3 Å². The van der Waals surface area contributed by atoms with Crippen molar-refractivity contribution in [3.8, 4) is 22.8 Å². The molecule has 0 atom stereocenters. The number of ether oxygens (including phenoxy) is 3. The molecular formula is C21H17NO5. The monoisotopic (exact) mass is 363 g/mol. The number of hydrogen-bond acceptors (Lipinski definition) is 6. The fourth-order valence-corrected chi connectivity index (χ4v) is 2.61. The maximum atomic E-state index is 11.9. The van der Waals surface area contributed by atoms with E-state index in [2.05, 4.69) is 5.16 Å². The Balaban J connectivity index is 1.33. The molecule has 27 heavy (non-hydrogen) atoms. The van der Waals surface area contributed by atoms with Gasteiger partial charge in [-0.3, -0.25) is 0 Å². The van der Waals surface area contributed by atoms with Gasteiger partial charge in [0.25, 0.3) is 0 Å². The molecule has 1 aromatic heterocycles. The molecule has 3 aromatic rings. The van der Waals surface area contributed by atoms with E-state index in [4.69, 9.17) is 18.7 Å². The first-order valence-electron chi connectivity index (χ1n) is 8.44. The average molecular weight is 363 g/mol. The van der Waals surface area contributed by atoms with Gasteiger partial charge in [-0.2, -0.15) is 0 Å². The number of carbonyl (C=O) groups is 1. The van der Waals surface area contributed by atoms with Crippen LogP contribution >= 0.6 is 0 Å². The predicted octanol–water partition coefficient (Wildman–Crippen LogP) is 4.14. The highest BCUT2D eigenvalue weighted by atomic mass is 16.7. The topological polar surface area (TPSA) is 70.8 Å². The lowest BCUT2D eigenvalue weighted by Gasteiger charge is -1.99. The van der Waals surface area contributed by atoms with Crippen molar-refractivity contribution in [3.63, 3.8) is 0 Å². The van der Waals surface area contributed by atoms with Crippen molar-refractivity contribution in [3.05, 3.63) is 71.4 Å². The third-order valence-electron chi connectivity index (χ3n) is 4.07. The minimum atomic E-state index is -0.465. The molecule has 0 saturated carbocycles. The highest BCUT2D eigenvalue weighted by molar-refractivity contribution is 5.87. The lowest BCUT2D eigenvalue weighted by atomic mass is 10.1. The fourth-order valence-electron chi connectivity index (χ4n) is 2.61. The summed E-state index contributed by atoms with van der Waals surface area (Å²) in [6.07, 6.45) is 3.02. The molecule has 1 aliphatic heterocycles. The van der Waals surface area contributed by atoms with E-state index in [1.165, 1.54) is 11.6 Å². The van der Waals surface area contributed by atoms with Gasteiger partial charge in [-0.25, -0.2) is 4.79 Å². The smallest absolute Gasteiger partial charge is 0.331 e. The van der Waals surface area contributed by atoms with Gasteiger partial charge in [0.05, 0.1) is 0 Å². The number of rotatable bonds is 5. The van der Waals surface area contributed by atoms with Crippen LogP contribution < -0.4 is 9.47 Å². The molecule has 0 amide bonds. The Kier molecular flexibility index (Phi) is 4.61. The van der Waals surface area contributed by atoms with Crippen molar-refractivity contribution in [2.45, 2.75) is 13.5 Å². The molecule has 0 unspecified atom stereocenters. The maximum absolute atomic E-state index is 11.9. The molecule has 6 nitrogen and oxygen atoms in total. The van der Waals surface area contributed by atoms with Gasteiger partial charge >= 0.3 is 5.97 Å². The van der Waals surface area contributed by atoms with E-state index in [0.717, 1.165) is 11.1 Å². The molecular weight excluding hydrogens is 346 g/mol. The second-order valence-electron chi connectivity index (χ2n) is 6.10. The summed E-state index contributed by atoms with van der Waals surface area (Å²) in [4.78, 5) is 11.9. The Labute approximate surface area is 156 Å². The normalized spacial score (nSPS) is 12.5. The van der Waals surface area contributed by atoms with E-state index in [1.54, 1.807) is 24.3 Å². The molecule has 0 fully saturated rings. The first-order valence-corrected chi connectivity index (χ1v) is 8.44. The fraction of sp³-hybridized carbons (Fsp3) is 0.143. The molecule has 2 aromatic carbocycles. The van der Waals surface area contributed by atoms with Gasteiger partial charge in [0.15, 0.2) is 17.3 Å². The van der Waals surface area contributed by atoms with Gasteiger partial charge in [-0.05, 0) is 30.7 Å². The van der Waals surface area contributed by atoms with Crippen LogP contribution in [0.4, 0.5) is 0 Å². The summed E-state index contributed by atoms with van der Waals surface area (Å²) in [5.41, 5.74) is 3.46. The third-order valence-corrected chi connectivity index (χ3v) is 4.07. The molecule has 0 aliphatic carbocycles. The number of hydrogen-bond donors (Lipinski definition) is 0. The van der Waals surface area contributed by atoms with Crippen LogP contribution in [-0.4, -0.2) is 17.9 Å². The van der Waals surface area contributed by atoms with Crippen molar-refractivity contribution in [2.75, 3.05) is 6.79 Å². The van der Waals surface area contributed by atoms with Gasteiger partial charge < -0.3 is 18.7 Å². The second kappa shape index (κ2) is 7.37. The summed E-state index contributed by atoms with van der Waals surface area (Å²) in [6, 6.07) is 15.1. The molecule has 4 rings (SSSR count). The summed E-state index contributed by atoms with van der Waals surface area (Å²) >= 11 is 0. The first-order chi connectivity index (χ1) is 13.2. The molecule has 0 N–H and O–H groups in total. The number of esters is 1. The van der Waals surface area contributed by atoms with Gasteiger partial charge in [-0.15, -0.1) is 0 Å². The van der Waals surface area contributed by atoms with Gasteiger partial charge in [0, 0.05) is 17.7 Å². The zero-order chi connectivity index (χ0) is 18.6. The van der Waals surface area contributed by atoms with E-state index >= 15 is 0 Å². The zero-order valence-corrected chi connectivity index (χ0v) is 14.7. The summed E-state index contributed by atoms with van der Waals surface area (Å²) in [5.74, 6) is 1.53. The predicted molar refractivity (Wildman–Crippen MR) is 98.1 cm³/mol. The van der Waals surface area contributed by atoms with Crippen LogP contribution in [0.15, 0.2) is 59.1 Å². The van der Waals surface area contributed by atoms with Gasteiger partial charge in [-0.1, -0.05) is 41.1 Å². The molecule has 136 valence electrons. The second-order valence-corrected chi connectivity index (χ2v) is 6.10. The van der Waals surface area contributed by atoms with Crippen LogP contribution in [0.5, 0.6) is 11.5 Å². The van der Waals surface area contributed by atoms with E-state index in [-0.39, 0.29) is 13.4 Å². The number of benzene rings is 2. The number of carbonyl (C=O) groups excluding carboxylic acids is 1. The molecule has 0 bridgehead atoms. The Morgan fingerprint density at radius 2 is 1.93 bits per heavy atom. The summed E-state index contributed by atoms with van der Waals surface area (Å²) < 4.78 is 21.1. The van der Waals surface area contributed by atoms with Crippen LogP contribution in [0.1, 0.15) is 16.8 Å². The maximum Gasteiger partial charge on any atom is 0.331 e. The number of nitrogens with zero attached hydrogens (tertiary/aromatic N) is 1. The largest absolute Gasteiger partial charge is 0.456 e. The van der Waals surface area contributed by atoms with Crippen molar-refractivity contribution in [2.24, 2.45) is 0 Å². The van der Waals surface area contributed by atoms with Crippen molar-refractivity contribution < 1.29 is 23.5 Å². The standard InChI is InChI=1S/C21H17NO5/c1-14-2-6-16(7-3-14)19-11-17(22-27-19)12-24-21(23)9-5-15-4-8-18-20(10-15)26-13-25-18/h2-11H,12-13H2,1H3/b9-5-. The Bertz CT molecular complexity index is 988. The van der Waals surface area contributed by atoms with Crippen LogP contribution in [0.25, 0.3) is 17.4 Å². The summed E-state index contributed by atoms with van der Waals surface area (Å²) in [6.45, 7) is 2.28. The van der Waals surface area contributed by atoms with Gasteiger partial charge in [0.2, 0.25) is 6.79 Å². The molecule has 0 radical (unpaired) electrons. The van der Waals surface area contributed by atoms with Gasteiger partial charge in [0.1, 0.15) is 12.3 Å². The van der Waals surface area contributed by atoms with Crippen LogP contribution in [-0.2, 0) is 16.1 Å². The number of aromatic nitrogens is 1. The van der Waals surface area contributed by atoms with E-state index in [0.29, 0.717) is 23.0 Å². The summed E-state index contributed by atoms with van der Waals surface area (Å²) in [7, 11) is 0. The third kappa shape index (κ3) is 4.00. The van der Waals surface area contributed by atoms with Crippen LogP contribution in [0.3, 0.4) is 0 Å². The molecule has 0 saturated heterocycles. The van der Waals surface area contributed by atoms with Crippen molar-refractivity contribution in [1.29, 1.82) is 0 Å². The average Bonchev–Trinajstić information content (AvgIpc) is 3.34. The lowest BCUT2D eigenvalue weighted by Crippen LogP contribution is -2.00. The molecule has 6 heteroatoms. The summed E-state index contributed by atoms with van der Waals surface area (Å²) in [5, 5.41) is 3.94.